The second-order valence-corrected chi connectivity index (χ2v) is 15.9. The first-order chi connectivity index (χ1) is 27.6. The monoisotopic (exact) mass is 799 g/mol. The van der Waals surface area contributed by atoms with Gasteiger partial charge < -0.3 is 23.8 Å². The summed E-state index contributed by atoms with van der Waals surface area (Å²) >= 11 is 0. The third-order valence-corrected chi connectivity index (χ3v) is 9.60. The minimum absolute atomic E-state index is 0.0332. The van der Waals surface area contributed by atoms with Gasteiger partial charge in [0.05, 0.1) is 34.4 Å². The smallest absolute Gasteiger partial charge is 0.362 e. The van der Waals surface area contributed by atoms with E-state index < -0.39 is 18.1 Å². The minimum atomic E-state index is -0.887. The number of aliphatic carboxylic acids is 1. The van der Waals surface area contributed by atoms with Crippen molar-refractivity contribution in [1.29, 1.82) is 0 Å². The van der Waals surface area contributed by atoms with E-state index in [1.807, 2.05) is 33.3 Å². The molecule has 326 valence electrons. The average Bonchev–Trinajstić information content (AvgIpc) is 3.17. The number of rotatable bonds is 39. The number of allylic oxidation sites excluding steroid dienone is 12. The molecule has 2 atom stereocenters. The van der Waals surface area contributed by atoms with Gasteiger partial charge in [-0.25, -0.2) is 4.79 Å². The molecule has 0 aromatic carbocycles. The molecule has 0 saturated heterocycles. The van der Waals surface area contributed by atoms with E-state index in [-0.39, 0.29) is 42.7 Å². The van der Waals surface area contributed by atoms with Crippen molar-refractivity contribution in [2.45, 2.75) is 180 Å². The van der Waals surface area contributed by atoms with Gasteiger partial charge in [-0.15, -0.1) is 0 Å². The highest BCUT2D eigenvalue weighted by atomic mass is 16.6. The number of ether oxygens (including phenoxy) is 3. The van der Waals surface area contributed by atoms with E-state index in [2.05, 4.69) is 74.6 Å². The van der Waals surface area contributed by atoms with Crippen molar-refractivity contribution < 1.29 is 38.2 Å². The Hall–Kier alpha value is -3.23. The molecule has 0 radical (unpaired) electrons. The highest BCUT2D eigenvalue weighted by Gasteiger charge is 2.31. The zero-order valence-electron chi connectivity index (χ0n) is 37.0. The predicted octanol–water partition coefficient (Wildman–Crippen LogP) is 12.4. The SMILES string of the molecule is CC/C=C/C/C=C/C/C=C/C/C=C/C/C=C/CCC(=O)OCC(COCCC(C(=O)O)[N+](C)(C)C)OC(=O)CCCCCCCCC/C=C/CCCCCCCC. The Bertz CT molecular complexity index is 1160. The zero-order chi connectivity index (χ0) is 42.1. The van der Waals surface area contributed by atoms with Gasteiger partial charge in [-0.3, -0.25) is 9.59 Å². The number of unbranched alkanes of at least 4 members (excludes halogenated alkanes) is 13. The van der Waals surface area contributed by atoms with Crippen molar-refractivity contribution in [2.24, 2.45) is 0 Å². The van der Waals surface area contributed by atoms with Crippen LogP contribution in [-0.2, 0) is 28.6 Å². The lowest BCUT2D eigenvalue weighted by Gasteiger charge is -2.31. The van der Waals surface area contributed by atoms with Crippen molar-refractivity contribution in [3.05, 3.63) is 72.9 Å². The molecule has 8 nitrogen and oxygen atoms in total. The summed E-state index contributed by atoms with van der Waals surface area (Å²) in [7, 11) is 5.50. The van der Waals surface area contributed by atoms with Gasteiger partial charge in [-0.05, 0) is 70.6 Å². The van der Waals surface area contributed by atoms with Crippen LogP contribution < -0.4 is 0 Å². The van der Waals surface area contributed by atoms with E-state index in [0.29, 0.717) is 19.3 Å². The largest absolute Gasteiger partial charge is 0.477 e. The Morgan fingerprint density at radius 1 is 0.544 bits per heavy atom. The molecule has 0 aliphatic rings. The fraction of sp³-hybridized carbons (Fsp3) is 0.694. The lowest BCUT2D eigenvalue weighted by Crippen LogP contribution is -2.50. The standard InChI is InChI=1S/C49H83NO7/c1-6-8-10-12-14-16-18-20-22-24-26-28-30-32-34-36-38-40-48(52)57-45(43-55-42-41-46(49(53)54)50(3,4)5)44-56-47(51)39-37-35-33-31-29-27-25-23-21-19-17-15-13-11-9-7-2/h9,11,15,17,20-23,27,29,33,35,45-46H,6-8,10,12-14,16,18-19,24-26,28,30-32,34,36-44H2,1-5H3/p+1/b11-9+,17-15+,22-20+,23-21+,29-27+,35-33+. The molecule has 8 heteroatoms. The molecule has 2 unspecified atom stereocenters. The molecule has 0 aliphatic heterocycles. The number of carboxylic acids is 1. The summed E-state index contributed by atoms with van der Waals surface area (Å²) in [6.45, 7) is 4.52. The summed E-state index contributed by atoms with van der Waals surface area (Å²) in [6.07, 6.45) is 49.6. The third kappa shape index (κ3) is 38.1. The number of carboxylic acid groups (broad SMARTS) is 1. The molecule has 0 amide bonds. The molecular weight excluding hydrogens is 715 g/mol. The second-order valence-electron chi connectivity index (χ2n) is 15.9. The maximum Gasteiger partial charge on any atom is 0.362 e. The topological polar surface area (TPSA) is 99.1 Å². The second kappa shape index (κ2) is 39.6. The van der Waals surface area contributed by atoms with Gasteiger partial charge >= 0.3 is 17.9 Å². The van der Waals surface area contributed by atoms with Crippen LogP contribution >= 0.6 is 0 Å². The summed E-state index contributed by atoms with van der Waals surface area (Å²) in [5.41, 5.74) is 0. The fourth-order valence-electron chi connectivity index (χ4n) is 6.13. The van der Waals surface area contributed by atoms with Gasteiger partial charge in [-0.2, -0.15) is 0 Å². The molecule has 0 heterocycles. The first-order valence-corrected chi connectivity index (χ1v) is 22.5. The predicted molar refractivity (Wildman–Crippen MR) is 238 cm³/mol. The minimum Gasteiger partial charge on any atom is -0.477 e. The van der Waals surface area contributed by atoms with E-state index in [1.54, 1.807) is 0 Å². The first kappa shape index (κ1) is 53.8. The van der Waals surface area contributed by atoms with Crippen molar-refractivity contribution in [3.63, 3.8) is 0 Å². The van der Waals surface area contributed by atoms with Crippen molar-refractivity contribution in [2.75, 3.05) is 41.0 Å². The van der Waals surface area contributed by atoms with E-state index >= 15 is 0 Å². The van der Waals surface area contributed by atoms with Crippen LogP contribution in [0.4, 0.5) is 0 Å². The van der Waals surface area contributed by atoms with Crippen LogP contribution in [0.3, 0.4) is 0 Å². The third-order valence-electron chi connectivity index (χ3n) is 9.60. The molecule has 0 rings (SSSR count). The zero-order valence-corrected chi connectivity index (χ0v) is 37.0. The number of carbonyl (C=O) groups excluding carboxylic acids is 2. The van der Waals surface area contributed by atoms with Crippen LogP contribution in [0.2, 0.25) is 0 Å². The van der Waals surface area contributed by atoms with Gasteiger partial charge in [0.1, 0.15) is 6.61 Å². The Morgan fingerprint density at radius 3 is 1.53 bits per heavy atom. The number of hydrogen-bond donors (Lipinski definition) is 1. The molecule has 0 aromatic rings. The number of nitrogens with zero attached hydrogens (tertiary/aromatic N) is 1. The van der Waals surface area contributed by atoms with Crippen LogP contribution in [0.15, 0.2) is 72.9 Å². The Labute approximate surface area is 349 Å². The molecule has 0 aromatic heterocycles. The maximum absolute atomic E-state index is 12.7. The van der Waals surface area contributed by atoms with E-state index in [1.165, 1.54) is 77.0 Å². The Kier molecular flexibility index (Phi) is 37.3. The molecule has 57 heavy (non-hydrogen) atoms. The summed E-state index contributed by atoms with van der Waals surface area (Å²) in [5, 5.41) is 9.62. The van der Waals surface area contributed by atoms with Gasteiger partial charge in [0.15, 0.2) is 12.1 Å². The molecule has 0 aliphatic carbocycles. The number of hydrogen-bond acceptors (Lipinski definition) is 6. The van der Waals surface area contributed by atoms with Gasteiger partial charge in [0.25, 0.3) is 0 Å². The summed E-state index contributed by atoms with van der Waals surface area (Å²) in [5.74, 6) is -1.58. The van der Waals surface area contributed by atoms with Crippen LogP contribution in [0.25, 0.3) is 0 Å². The van der Waals surface area contributed by atoms with Gasteiger partial charge in [0.2, 0.25) is 0 Å². The molecule has 0 bridgehead atoms. The molecule has 0 spiro atoms. The van der Waals surface area contributed by atoms with E-state index in [9.17, 15) is 19.5 Å². The lowest BCUT2D eigenvalue weighted by atomic mass is 10.1. The maximum atomic E-state index is 12.7. The molecular formula is C49H84NO7+. The summed E-state index contributed by atoms with van der Waals surface area (Å²) in [6, 6.07) is -0.628. The Balaban J connectivity index is 4.45. The molecule has 1 N–H and O–H groups in total. The van der Waals surface area contributed by atoms with Crippen LogP contribution in [0.1, 0.15) is 168 Å². The number of carbonyl (C=O) groups is 3. The number of likely N-dealkylation sites (N-methyl/N-ethyl adjacent to an activating group) is 1. The van der Waals surface area contributed by atoms with Crippen molar-refractivity contribution in [1.82, 2.24) is 0 Å². The highest BCUT2D eigenvalue weighted by Crippen LogP contribution is 2.13. The molecule has 0 fully saturated rings. The summed E-state index contributed by atoms with van der Waals surface area (Å²) < 4.78 is 17.2. The number of esters is 2. The first-order valence-electron chi connectivity index (χ1n) is 22.5. The van der Waals surface area contributed by atoms with E-state index in [0.717, 1.165) is 51.4 Å². The van der Waals surface area contributed by atoms with Gasteiger partial charge in [-0.1, -0.05) is 151 Å². The number of quaternary nitrogens is 1. The highest BCUT2D eigenvalue weighted by molar-refractivity contribution is 5.72. The Morgan fingerprint density at radius 2 is 1.02 bits per heavy atom. The normalized spacial score (nSPS) is 13.6. The molecule has 0 saturated carbocycles. The average molecular weight is 799 g/mol. The van der Waals surface area contributed by atoms with Crippen molar-refractivity contribution in [3.8, 4) is 0 Å². The van der Waals surface area contributed by atoms with E-state index in [4.69, 9.17) is 14.2 Å². The quantitative estimate of drug-likeness (QED) is 0.0286. The summed E-state index contributed by atoms with van der Waals surface area (Å²) in [4.78, 5) is 37.0. The van der Waals surface area contributed by atoms with Crippen LogP contribution in [0, 0.1) is 0 Å². The van der Waals surface area contributed by atoms with Crippen LogP contribution in [-0.4, -0.2) is 80.6 Å². The van der Waals surface area contributed by atoms with Gasteiger partial charge in [0, 0.05) is 19.3 Å². The lowest BCUT2D eigenvalue weighted by molar-refractivity contribution is -0.887. The van der Waals surface area contributed by atoms with Crippen molar-refractivity contribution >= 4 is 17.9 Å². The fourth-order valence-corrected chi connectivity index (χ4v) is 6.13. The van der Waals surface area contributed by atoms with Crippen LogP contribution in [0.5, 0.6) is 0 Å².